The molecule has 1 nitrogen and oxygen atoms in total. The van der Waals surface area contributed by atoms with Gasteiger partial charge in [0.1, 0.15) is 0 Å². The summed E-state index contributed by atoms with van der Waals surface area (Å²) in [5, 5.41) is 0. The molecule has 2 aliphatic rings. The van der Waals surface area contributed by atoms with Crippen LogP contribution in [0, 0.1) is 76.9 Å². The van der Waals surface area contributed by atoms with Crippen LogP contribution in [0.4, 0.5) is 0 Å². The Morgan fingerprint density at radius 3 is 0.571 bits per heavy atom. The maximum Gasteiger partial charge on any atom is 3.00 e. The Bertz CT molecular complexity index is 327. The first-order valence-corrected chi connectivity index (χ1v) is 11.1. The molecule has 2 fully saturated rings. The summed E-state index contributed by atoms with van der Waals surface area (Å²) in [7, 11) is 0. The standard InChI is InChI=1S/2C10H20.C6H9.H2O.Ti/c2*1-6-7(2)9(4)10(5)8(6)3;1-5-6(2,3)4;;/h2*6-10H,1-5H3;2-4H3;1H2;/q;;-1;;+3. The van der Waals surface area contributed by atoms with Crippen LogP contribution in [0.15, 0.2) is 0 Å². The van der Waals surface area contributed by atoms with Crippen molar-refractivity contribution >= 4 is 0 Å². The molecule has 2 rings (SSSR count). The van der Waals surface area contributed by atoms with E-state index in [0.29, 0.717) is 0 Å². The Kier molecular flexibility index (Phi) is 15.9. The van der Waals surface area contributed by atoms with Crippen LogP contribution in [0.5, 0.6) is 0 Å². The van der Waals surface area contributed by atoms with Gasteiger partial charge < -0.3 is 17.8 Å². The number of hydrogen-bond donors (Lipinski definition) is 0. The fourth-order valence-electron chi connectivity index (χ4n) is 4.79. The first-order valence-electron chi connectivity index (χ1n) is 11.1. The van der Waals surface area contributed by atoms with Gasteiger partial charge in [-0.25, -0.2) is 0 Å². The third-order valence-electron chi connectivity index (χ3n) is 8.67. The number of hydrogen-bond acceptors (Lipinski definition) is 0. The minimum atomic E-state index is -0.0417. The van der Waals surface area contributed by atoms with Gasteiger partial charge in [0, 0.05) is 0 Å². The summed E-state index contributed by atoms with van der Waals surface area (Å²) in [6.07, 6.45) is 6.60. The van der Waals surface area contributed by atoms with Crippen LogP contribution in [-0.2, 0) is 21.7 Å². The zero-order valence-corrected chi connectivity index (χ0v) is 22.8. The van der Waals surface area contributed by atoms with Crippen molar-refractivity contribution in [2.75, 3.05) is 0 Å². The van der Waals surface area contributed by atoms with Crippen LogP contribution in [0.1, 0.15) is 90.0 Å². The van der Waals surface area contributed by atoms with E-state index in [1.807, 2.05) is 20.8 Å². The smallest absolute Gasteiger partial charge is 0.693 e. The summed E-state index contributed by atoms with van der Waals surface area (Å²) >= 11 is 0. The van der Waals surface area contributed by atoms with Crippen LogP contribution in [0.3, 0.4) is 0 Å². The topological polar surface area (TPSA) is 31.5 Å². The maximum absolute atomic E-state index is 6.60. The molecule has 0 aromatic carbocycles. The summed E-state index contributed by atoms with van der Waals surface area (Å²) in [6.45, 7) is 29.8. The maximum atomic E-state index is 6.60. The van der Waals surface area contributed by atoms with Gasteiger partial charge in [-0.2, -0.15) is 0 Å². The summed E-state index contributed by atoms with van der Waals surface area (Å²) in [5.74, 6) is 11.7. The second kappa shape index (κ2) is 13.5. The molecule has 163 valence electrons. The van der Waals surface area contributed by atoms with Crippen molar-refractivity contribution in [2.45, 2.75) is 90.0 Å². The minimum Gasteiger partial charge on any atom is -0.693 e. The fourth-order valence-corrected chi connectivity index (χ4v) is 4.79. The summed E-state index contributed by atoms with van der Waals surface area (Å²) < 4.78 is 0. The van der Waals surface area contributed by atoms with E-state index in [-0.39, 0.29) is 32.6 Å². The predicted molar refractivity (Wildman–Crippen MR) is 122 cm³/mol. The van der Waals surface area contributed by atoms with Gasteiger partial charge in [0.05, 0.1) is 0 Å². The average Bonchev–Trinajstić information content (AvgIpc) is 2.86. The first kappa shape index (κ1) is 32.9. The van der Waals surface area contributed by atoms with Crippen molar-refractivity contribution in [3.63, 3.8) is 0 Å². The molecule has 0 aromatic heterocycles. The van der Waals surface area contributed by atoms with Gasteiger partial charge in [0.15, 0.2) is 0 Å². The number of rotatable bonds is 0. The Hall–Kier alpha value is 0.234. The van der Waals surface area contributed by atoms with Crippen molar-refractivity contribution < 1.29 is 27.2 Å². The normalized spacial score (nSPS) is 41.9. The molecule has 2 heteroatoms. The van der Waals surface area contributed by atoms with Crippen molar-refractivity contribution in [1.82, 2.24) is 0 Å². The van der Waals surface area contributed by atoms with Gasteiger partial charge in [-0.1, -0.05) is 90.0 Å². The largest absolute Gasteiger partial charge is 3.00 e. The Labute approximate surface area is 193 Å². The van der Waals surface area contributed by atoms with E-state index in [0.717, 1.165) is 59.2 Å². The van der Waals surface area contributed by atoms with E-state index >= 15 is 0 Å². The van der Waals surface area contributed by atoms with E-state index in [4.69, 9.17) is 6.42 Å². The summed E-state index contributed by atoms with van der Waals surface area (Å²) in [4.78, 5) is 0. The SMILES string of the molecule is CC1C(C)C(C)C(C)C1C.CC1C(C)C(C)C(C)C1C.O.[C-]#CC(C)(C)C.[Ti+3]. The van der Waals surface area contributed by atoms with Crippen LogP contribution < -0.4 is 0 Å². The zero-order chi connectivity index (χ0) is 21.0. The molecule has 0 heterocycles. The molecule has 0 atom stereocenters. The molecular formula is C26H51OTi+2. The fraction of sp³-hybridized carbons (Fsp3) is 0.923. The zero-order valence-electron chi connectivity index (χ0n) is 21.3. The van der Waals surface area contributed by atoms with Crippen LogP contribution in [0.25, 0.3) is 0 Å². The second-order valence-corrected chi connectivity index (χ2v) is 11.0. The summed E-state index contributed by atoms with van der Waals surface area (Å²) in [6, 6.07) is 0. The van der Waals surface area contributed by atoms with E-state index in [1.54, 1.807) is 0 Å². The summed E-state index contributed by atoms with van der Waals surface area (Å²) in [5.41, 5.74) is -0.0417. The van der Waals surface area contributed by atoms with Crippen molar-refractivity contribution in [3.05, 3.63) is 6.42 Å². The van der Waals surface area contributed by atoms with E-state index < -0.39 is 0 Å². The molecule has 0 spiro atoms. The van der Waals surface area contributed by atoms with Crippen LogP contribution in [0.2, 0.25) is 0 Å². The molecule has 0 aliphatic heterocycles. The van der Waals surface area contributed by atoms with Crippen LogP contribution >= 0.6 is 0 Å². The third-order valence-corrected chi connectivity index (χ3v) is 8.67. The molecule has 0 aromatic rings. The third kappa shape index (κ3) is 8.94. The monoisotopic (exact) mass is 427 g/mol. The first-order chi connectivity index (χ1) is 11.7. The molecule has 2 N–H and O–H groups in total. The molecule has 0 saturated heterocycles. The predicted octanol–water partition coefficient (Wildman–Crippen LogP) is 7.16. The Morgan fingerprint density at radius 2 is 0.536 bits per heavy atom. The average molecular weight is 428 g/mol. The van der Waals surface area contributed by atoms with Gasteiger partial charge in [0.25, 0.3) is 0 Å². The van der Waals surface area contributed by atoms with Gasteiger partial charge in [-0.3, -0.25) is 0 Å². The molecule has 1 radical (unpaired) electrons. The van der Waals surface area contributed by atoms with Gasteiger partial charge in [-0.05, 0) is 64.6 Å². The molecule has 2 aliphatic carbocycles. The molecule has 0 bridgehead atoms. The van der Waals surface area contributed by atoms with Gasteiger partial charge in [-0.15, -0.1) is 0 Å². The quantitative estimate of drug-likeness (QED) is 0.223. The van der Waals surface area contributed by atoms with Crippen molar-refractivity contribution in [1.29, 1.82) is 0 Å². The molecule has 0 unspecified atom stereocenters. The van der Waals surface area contributed by atoms with E-state index in [2.05, 4.69) is 75.2 Å². The molecular weight excluding hydrogens is 376 g/mol. The Balaban J connectivity index is -0.000000335. The van der Waals surface area contributed by atoms with Crippen molar-refractivity contribution in [2.24, 2.45) is 64.6 Å². The molecule has 0 amide bonds. The minimum absolute atomic E-state index is 0. The van der Waals surface area contributed by atoms with Gasteiger partial charge in [0.2, 0.25) is 0 Å². The molecule has 2 saturated carbocycles. The Morgan fingerprint density at radius 1 is 0.464 bits per heavy atom. The van der Waals surface area contributed by atoms with Crippen LogP contribution in [-0.4, -0.2) is 5.48 Å². The van der Waals surface area contributed by atoms with E-state index in [9.17, 15) is 0 Å². The van der Waals surface area contributed by atoms with Crippen molar-refractivity contribution in [3.8, 4) is 5.92 Å². The molecule has 28 heavy (non-hydrogen) atoms. The van der Waals surface area contributed by atoms with Gasteiger partial charge >= 0.3 is 21.7 Å². The second-order valence-electron chi connectivity index (χ2n) is 11.0. The van der Waals surface area contributed by atoms with E-state index in [1.165, 1.54) is 0 Å².